The molecule has 1 N–H and O–H groups in total. The number of morpholine rings is 1. The molecule has 29 heavy (non-hydrogen) atoms. The van der Waals surface area contributed by atoms with Gasteiger partial charge in [-0.15, -0.1) is 11.3 Å². The lowest BCUT2D eigenvalue weighted by Gasteiger charge is -2.27. The Morgan fingerprint density at radius 1 is 1.07 bits per heavy atom. The predicted molar refractivity (Wildman–Crippen MR) is 110 cm³/mol. The van der Waals surface area contributed by atoms with Crippen LogP contribution < -0.4 is 5.32 Å². The van der Waals surface area contributed by atoms with E-state index in [1.807, 2.05) is 37.3 Å². The number of rotatable bonds is 4. The van der Waals surface area contributed by atoms with Crippen molar-refractivity contribution in [2.24, 2.45) is 0 Å². The zero-order chi connectivity index (χ0) is 20.2. The smallest absolute Gasteiger partial charge is 0.294 e. The molecule has 2 aliphatic heterocycles. The maximum atomic E-state index is 13.3. The Labute approximate surface area is 172 Å². The summed E-state index contributed by atoms with van der Waals surface area (Å²) in [6.45, 7) is 4.74. The summed E-state index contributed by atoms with van der Waals surface area (Å²) in [5, 5.41) is 3.37. The second kappa shape index (κ2) is 8.67. The second-order valence-corrected chi connectivity index (χ2v) is 7.71. The third-order valence-corrected chi connectivity index (χ3v) is 6.05. The van der Waals surface area contributed by atoms with Crippen LogP contribution in [0.25, 0.3) is 10.4 Å². The third-order valence-electron chi connectivity index (χ3n) is 4.79. The van der Waals surface area contributed by atoms with Gasteiger partial charge in [-0.3, -0.25) is 9.59 Å². The molecule has 8 heteroatoms. The van der Waals surface area contributed by atoms with E-state index in [1.165, 1.54) is 17.6 Å². The molecule has 0 bridgehead atoms. The fraction of sp³-hybridized carbons (Fsp3) is 0.333. The van der Waals surface area contributed by atoms with Crippen LogP contribution in [0.5, 0.6) is 0 Å². The number of hydrogen-bond donors (Lipinski definition) is 1. The topological polar surface area (TPSA) is 77.1 Å². The molecule has 2 aromatic rings. The van der Waals surface area contributed by atoms with Crippen LogP contribution in [-0.4, -0.2) is 56.2 Å². The first-order valence-electron chi connectivity index (χ1n) is 9.47. The van der Waals surface area contributed by atoms with Crippen LogP contribution in [0.1, 0.15) is 15.9 Å². The highest BCUT2D eigenvalue weighted by Gasteiger charge is 2.29. The van der Waals surface area contributed by atoms with Gasteiger partial charge in [-0.1, -0.05) is 30.3 Å². The quantitative estimate of drug-likeness (QED) is 0.832. The molecule has 3 heterocycles. The maximum Gasteiger partial charge on any atom is 0.294 e. The van der Waals surface area contributed by atoms with Crippen molar-refractivity contribution in [2.75, 3.05) is 44.8 Å². The lowest BCUT2D eigenvalue weighted by molar-refractivity contribution is -0.117. The number of anilines is 1. The summed E-state index contributed by atoms with van der Waals surface area (Å²) in [5.74, 6) is -0.427. The van der Waals surface area contributed by atoms with Crippen molar-refractivity contribution in [3.8, 4) is 10.4 Å². The van der Waals surface area contributed by atoms with E-state index >= 15 is 0 Å². The predicted octanol–water partition coefficient (Wildman–Crippen LogP) is 3.02. The van der Waals surface area contributed by atoms with Gasteiger partial charge in [0.05, 0.1) is 18.8 Å². The molecule has 7 nitrogen and oxygen atoms in total. The molecule has 1 fully saturated rings. The molecule has 0 spiro atoms. The van der Waals surface area contributed by atoms with Crippen LogP contribution in [0.2, 0.25) is 0 Å². The number of benzene rings is 1. The number of nitrogens with zero attached hydrogens (tertiary/aromatic N) is 1. The fourth-order valence-corrected chi connectivity index (χ4v) is 4.50. The Balaban J connectivity index is 1.70. The summed E-state index contributed by atoms with van der Waals surface area (Å²) in [5.41, 5.74) is 2.37. The number of hydrogen-bond acceptors (Lipinski definition) is 6. The van der Waals surface area contributed by atoms with Gasteiger partial charge in [0.1, 0.15) is 24.5 Å². The summed E-state index contributed by atoms with van der Waals surface area (Å²) in [4.78, 5) is 28.7. The number of amides is 2. The second-order valence-electron chi connectivity index (χ2n) is 6.69. The molecule has 1 aromatic carbocycles. The highest BCUT2D eigenvalue weighted by molar-refractivity contribution is 7.20. The number of carbonyl (C=O) groups excluding carboxylic acids is 2. The van der Waals surface area contributed by atoms with E-state index in [1.54, 1.807) is 4.90 Å². The average molecular weight is 414 g/mol. The van der Waals surface area contributed by atoms with Gasteiger partial charge in [-0.25, -0.2) is 0 Å². The average Bonchev–Trinajstić information content (AvgIpc) is 3.10. The lowest BCUT2D eigenvalue weighted by Crippen LogP contribution is -2.41. The van der Waals surface area contributed by atoms with E-state index in [-0.39, 0.29) is 11.7 Å². The molecule has 2 aliphatic rings. The summed E-state index contributed by atoms with van der Waals surface area (Å²) < 4.78 is 15.9. The van der Waals surface area contributed by atoms with Crippen molar-refractivity contribution in [2.45, 2.75) is 6.92 Å². The molecule has 0 atom stereocenters. The molecule has 152 valence electrons. The minimum absolute atomic E-state index is 0.102. The molecule has 0 radical (unpaired) electrons. The van der Waals surface area contributed by atoms with Crippen LogP contribution in [0.3, 0.4) is 0 Å². The summed E-state index contributed by atoms with van der Waals surface area (Å²) in [6.07, 6.45) is 1.31. The normalized spacial score (nSPS) is 16.4. The zero-order valence-electron chi connectivity index (χ0n) is 16.1. The first-order chi connectivity index (χ1) is 14.1. The minimum atomic E-state index is -0.429. The summed E-state index contributed by atoms with van der Waals surface area (Å²) in [6, 6.07) is 9.84. The first kappa shape index (κ1) is 19.5. The molecular formula is C21H22N2O5S. The molecular weight excluding hydrogens is 392 g/mol. The van der Waals surface area contributed by atoms with E-state index in [4.69, 9.17) is 14.2 Å². The Morgan fingerprint density at radius 3 is 2.52 bits per heavy atom. The van der Waals surface area contributed by atoms with Crippen molar-refractivity contribution >= 4 is 28.2 Å². The third kappa shape index (κ3) is 4.13. The minimum Gasteiger partial charge on any atom is -0.494 e. The van der Waals surface area contributed by atoms with Crippen molar-refractivity contribution in [1.29, 1.82) is 0 Å². The van der Waals surface area contributed by atoms with E-state index in [2.05, 4.69) is 5.32 Å². The van der Waals surface area contributed by atoms with Gasteiger partial charge in [0.15, 0.2) is 0 Å². The maximum absolute atomic E-state index is 13.3. The van der Waals surface area contributed by atoms with Crippen LogP contribution >= 0.6 is 11.3 Å². The van der Waals surface area contributed by atoms with E-state index < -0.39 is 5.91 Å². The summed E-state index contributed by atoms with van der Waals surface area (Å²) in [7, 11) is 0. The molecule has 0 aliphatic carbocycles. The standard InChI is InChI=1S/C21H22N2O5S/c1-14-17(21(25)23-7-9-26-10-8-23)20(22-19(24)16-13-27-11-12-28-16)29-18(14)15-5-3-2-4-6-15/h2-6,13H,7-12H2,1H3,(H,22,24). The van der Waals surface area contributed by atoms with E-state index in [9.17, 15) is 9.59 Å². The van der Waals surface area contributed by atoms with Gasteiger partial charge in [-0.05, 0) is 18.1 Å². The van der Waals surface area contributed by atoms with Crippen LogP contribution in [-0.2, 0) is 19.0 Å². The largest absolute Gasteiger partial charge is 0.494 e. The Morgan fingerprint density at radius 2 is 1.83 bits per heavy atom. The van der Waals surface area contributed by atoms with Crippen LogP contribution in [0.4, 0.5) is 5.00 Å². The van der Waals surface area contributed by atoms with Crippen molar-refractivity contribution in [1.82, 2.24) is 4.90 Å². The molecule has 0 unspecified atom stereocenters. The Kier molecular flexibility index (Phi) is 5.82. The number of nitrogens with one attached hydrogen (secondary N) is 1. The lowest BCUT2D eigenvalue weighted by atomic mass is 10.1. The Bertz CT molecular complexity index is 932. The molecule has 2 amide bonds. The van der Waals surface area contributed by atoms with Gasteiger partial charge in [-0.2, -0.15) is 0 Å². The van der Waals surface area contributed by atoms with Gasteiger partial charge < -0.3 is 24.4 Å². The number of ether oxygens (including phenoxy) is 3. The zero-order valence-corrected chi connectivity index (χ0v) is 16.9. The van der Waals surface area contributed by atoms with Gasteiger partial charge >= 0.3 is 0 Å². The number of thiophene rings is 1. The van der Waals surface area contributed by atoms with Gasteiger partial charge in [0.2, 0.25) is 5.76 Å². The monoisotopic (exact) mass is 414 g/mol. The molecule has 0 saturated carbocycles. The highest BCUT2D eigenvalue weighted by Crippen LogP contribution is 2.40. The van der Waals surface area contributed by atoms with Gasteiger partial charge in [0, 0.05) is 18.0 Å². The van der Waals surface area contributed by atoms with Crippen molar-refractivity contribution < 1.29 is 23.8 Å². The van der Waals surface area contributed by atoms with Gasteiger partial charge in [0.25, 0.3) is 11.8 Å². The highest BCUT2D eigenvalue weighted by atomic mass is 32.1. The van der Waals surface area contributed by atoms with E-state index in [0.29, 0.717) is 50.1 Å². The van der Waals surface area contributed by atoms with Crippen LogP contribution in [0, 0.1) is 6.92 Å². The molecule has 1 aromatic heterocycles. The molecule has 1 saturated heterocycles. The van der Waals surface area contributed by atoms with Crippen molar-refractivity contribution in [3.63, 3.8) is 0 Å². The van der Waals surface area contributed by atoms with E-state index in [0.717, 1.165) is 16.0 Å². The first-order valence-corrected chi connectivity index (χ1v) is 10.3. The molecule has 4 rings (SSSR count). The van der Waals surface area contributed by atoms with Crippen LogP contribution in [0.15, 0.2) is 42.4 Å². The Hall–Kier alpha value is -2.84. The SMILES string of the molecule is Cc1c(-c2ccccc2)sc(NC(=O)C2=COCCO2)c1C(=O)N1CCOCC1. The number of carbonyl (C=O) groups is 2. The fourth-order valence-electron chi connectivity index (χ4n) is 3.30. The van der Waals surface area contributed by atoms with Crippen molar-refractivity contribution in [3.05, 3.63) is 53.5 Å². The summed E-state index contributed by atoms with van der Waals surface area (Å²) >= 11 is 1.39.